The Morgan fingerprint density at radius 3 is 2.32 bits per heavy atom. The SMILES string of the molecule is C=CCCCCCC[C@H]1CC[C@H](c2ccc(C#N)cc2)CC1. The highest BCUT2D eigenvalue weighted by atomic mass is 14.3. The molecule has 0 spiro atoms. The Hall–Kier alpha value is -1.55. The first-order valence-electron chi connectivity index (χ1n) is 8.94. The number of allylic oxidation sites excluding steroid dienone is 1. The largest absolute Gasteiger partial charge is 0.192 e. The summed E-state index contributed by atoms with van der Waals surface area (Å²) in [6.45, 7) is 3.78. The molecule has 0 unspecified atom stereocenters. The molecule has 1 nitrogen and oxygen atoms in total. The average Bonchev–Trinajstić information content (AvgIpc) is 2.59. The van der Waals surface area contributed by atoms with E-state index in [4.69, 9.17) is 5.26 Å². The molecule has 0 aromatic heterocycles. The molecule has 1 fully saturated rings. The van der Waals surface area contributed by atoms with Crippen molar-refractivity contribution in [1.82, 2.24) is 0 Å². The van der Waals surface area contributed by atoms with Gasteiger partial charge >= 0.3 is 0 Å². The van der Waals surface area contributed by atoms with Crippen LogP contribution in [0.15, 0.2) is 36.9 Å². The van der Waals surface area contributed by atoms with Crippen molar-refractivity contribution in [1.29, 1.82) is 5.26 Å². The van der Waals surface area contributed by atoms with Gasteiger partial charge in [0.05, 0.1) is 11.6 Å². The maximum absolute atomic E-state index is 8.87. The van der Waals surface area contributed by atoms with Crippen LogP contribution < -0.4 is 0 Å². The smallest absolute Gasteiger partial charge is 0.0991 e. The van der Waals surface area contributed by atoms with Gasteiger partial charge in [-0.2, -0.15) is 5.26 Å². The molecule has 0 aliphatic heterocycles. The Bertz CT molecular complexity index is 472. The average molecular weight is 295 g/mol. The van der Waals surface area contributed by atoms with Crippen molar-refractivity contribution in [2.75, 3.05) is 0 Å². The van der Waals surface area contributed by atoms with E-state index >= 15 is 0 Å². The quantitative estimate of drug-likeness (QED) is 0.404. The third-order valence-electron chi connectivity index (χ3n) is 5.13. The summed E-state index contributed by atoms with van der Waals surface area (Å²) in [6, 6.07) is 10.4. The van der Waals surface area contributed by atoms with E-state index in [0.717, 1.165) is 17.4 Å². The van der Waals surface area contributed by atoms with Crippen molar-refractivity contribution in [3.05, 3.63) is 48.0 Å². The molecule has 1 saturated carbocycles. The highest BCUT2D eigenvalue weighted by molar-refractivity contribution is 5.33. The molecule has 1 aromatic rings. The van der Waals surface area contributed by atoms with Gasteiger partial charge in [0.15, 0.2) is 0 Å². The summed E-state index contributed by atoms with van der Waals surface area (Å²) in [5.41, 5.74) is 2.20. The van der Waals surface area contributed by atoms with Gasteiger partial charge < -0.3 is 0 Å². The monoisotopic (exact) mass is 295 g/mol. The van der Waals surface area contributed by atoms with Crippen LogP contribution in [0.5, 0.6) is 0 Å². The minimum Gasteiger partial charge on any atom is -0.192 e. The molecule has 0 bridgehead atoms. The van der Waals surface area contributed by atoms with E-state index in [1.807, 2.05) is 18.2 Å². The molecule has 0 radical (unpaired) electrons. The standard InChI is InChI=1S/C21H29N/c1-2-3-4-5-6-7-8-18-9-13-20(14-10-18)21-15-11-19(17-22)12-16-21/h2,11-12,15-16,18,20H,1,3-10,13-14H2/t18-,20-. The normalized spacial score (nSPS) is 21.2. The molecular weight excluding hydrogens is 266 g/mol. The minimum absolute atomic E-state index is 0.719. The Balaban J connectivity index is 1.65. The van der Waals surface area contributed by atoms with Crippen molar-refractivity contribution in [3.8, 4) is 6.07 Å². The fourth-order valence-electron chi connectivity index (χ4n) is 3.69. The molecule has 22 heavy (non-hydrogen) atoms. The molecule has 118 valence electrons. The van der Waals surface area contributed by atoms with Gasteiger partial charge in [-0.15, -0.1) is 6.58 Å². The molecule has 0 saturated heterocycles. The van der Waals surface area contributed by atoms with Crippen LogP contribution in [-0.2, 0) is 0 Å². The van der Waals surface area contributed by atoms with Gasteiger partial charge in [0.25, 0.3) is 0 Å². The molecule has 1 aromatic carbocycles. The van der Waals surface area contributed by atoms with Gasteiger partial charge in [0, 0.05) is 0 Å². The number of unbranched alkanes of at least 4 members (excludes halogenated alkanes) is 4. The fraction of sp³-hybridized carbons (Fsp3) is 0.571. The molecule has 2 rings (SSSR count). The van der Waals surface area contributed by atoms with E-state index < -0.39 is 0 Å². The predicted molar refractivity (Wildman–Crippen MR) is 93.8 cm³/mol. The maximum Gasteiger partial charge on any atom is 0.0991 e. The van der Waals surface area contributed by atoms with Crippen molar-refractivity contribution in [3.63, 3.8) is 0 Å². The zero-order valence-electron chi connectivity index (χ0n) is 13.8. The van der Waals surface area contributed by atoms with Crippen LogP contribution in [0, 0.1) is 17.2 Å². The Kier molecular flexibility index (Phi) is 7.23. The Morgan fingerprint density at radius 2 is 1.68 bits per heavy atom. The first-order chi connectivity index (χ1) is 10.8. The molecule has 1 aliphatic carbocycles. The van der Waals surface area contributed by atoms with E-state index in [0.29, 0.717) is 0 Å². The zero-order valence-corrected chi connectivity index (χ0v) is 13.8. The number of hydrogen-bond acceptors (Lipinski definition) is 1. The van der Waals surface area contributed by atoms with Crippen LogP contribution in [0.4, 0.5) is 0 Å². The summed E-state index contributed by atoms with van der Waals surface area (Å²) in [5, 5.41) is 8.87. The van der Waals surface area contributed by atoms with Crippen molar-refractivity contribution < 1.29 is 0 Å². The second-order valence-electron chi connectivity index (χ2n) is 6.73. The van der Waals surface area contributed by atoms with E-state index in [-0.39, 0.29) is 0 Å². The van der Waals surface area contributed by atoms with Gasteiger partial charge in [-0.05, 0) is 68.1 Å². The van der Waals surface area contributed by atoms with E-state index in [2.05, 4.69) is 24.8 Å². The molecule has 0 heterocycles. The van der Waals surface area contributed by atoms with Gasteiger partial charge in [0.1, 0.15) is 0 Å². The lowest BCUT2D eigenvalue weighted by Gasteiger charge is -2.29. The first kappa shape index (κ1) is 16.8. The third-order valence-corrected chi connectivity index (χ3v) is 5.13. The molecule has 0 N–H and O–H groups in total. The van der Waals surface area contributed by atoms with Crippen LogP contribution in [0.1, 0.15) is 81.3 Å². The minimum atomic E-state index is 0.719. The molecule has 0 amide bonds. The van der Waals surface area contributed by atoms with Crippen molar-refractivity contribution in [2.24, 2.45) is 5.92 Å². The second-order valence-corrected chi connectivity index (χ2v) is 6.73. The summed E-state index contributed by atoms with van der Waals surface area (Å²) < 4.78 is 0. The van der Waals surface area contributed by atoms with Crippen LogP contribution in [0.2, 0.25) is 0 Å². The summed E-state index contributed by atoms with van der Waals surface area (Å²) in [6.07, 6.45) is 15.5. The number of hydrogen-bond donors (Lipinski definition) is 0. The lowest BCUT2D eigenvalue weighted by molar-refractivity contribution is 0.302. The van der Waals surface area contributed by atoms with Crippen LogP contribution in [0.3, 0.4) is 0 Å². The summed E-state index contributed by atoms with van der Waals surface area (Å²) in [5.74, 6) is 1.67. The summed E-state index contributed by atoms with van der Waals surface area (Å²) >= 11 is 0. The van der Waals surface area contributed by atoms with Crippen molar-refractivity contribution in [2.45, 2.75) is 70.1 Å². The van der Waals surface area contributed by atoms with Crippen LogP contribution in [-0.4, -0.2) is 0 Å². The lowest BCUT2D eigenvalue weighted by Crippen LogP contribution is -2.13. The highest BCUT2D eigenvalue weighted by Crippen LogP contribution is 2.37. The highest BCUT2D eigenvalue weighted by Gasteiger charge is 2.21. The van der Waals surface area contributed by atoms with E-state index in [1.54, 1.807) is 0 Å². The summed E-state index contributed by atoms with van der Waals surface area (Å²) in [4.78, 5) is 0. The first-order valence-corrected chi connectivity index (χ1v) is 8.94. The van der Waals surface area contributed by atoms with Gasteiger partial charge in [-0.25, -0.2) is 0 Å². The Labute approximate surface area is 136 Å². The van der Waals surface area contributed by atoms with Crippen LogP contribution in [0.25, 0.3) is 0 Å². The number of rotatable bonds is 8. The molecule has 1 heteroatoms. The number of benzene rings is 1. The number of nitrogens with zero attached hydrogens (tertiary/aromatic N) is 1. The second kappa shape index (κ2) is 9.46. The number of nitriles is 1. The lowest BCUT2D eigenvalue weighted by atomic mass is 9.77. The van der Waals surface area contributed by atoms with Crippen molar-refractivity contribution >= 4 is 0 Å². The van der Waals surface area contributed by atoms with Gasteiger partial charge in [0.2, 0.25) is 0 Å². The predicted octanol–water partition coefficient (Wildman–Crippen LogP) is 6.36. The Morgan fingerprint density at radius 1 is 1.00 bits per heavy atom. The van der Waals surface area contributed by atoms with Gasteiger partial charge in [-0.1, -0.05) is 43.9 Å². The molecule has 0 atom stereocenters. The van der Waals surface area contributed by atoms with E-state index in [9.17, 15) is 0 Å². The van der Waals surface area contributed by atoms with E-state index in [1.165, 1.54) is 69.8 Å². The summed E-state index contributed by atoms with van der Waals surface area (Å²) in [7, 11) is 0. The van der Waals surface area contributed by atoms with Gasteiger partial charge in [-0.3, -0.25) is 0 Å². The molecular formula is C21H29N. The maximum atomic E-state index is 8.87. The fourth-order valence-corrected chi connectivity index (χ4v) is 3.69. The molecule has 1 aliphatic rings. The van der Waals surface area contributed by atoms with Crippen LogP contribution >= 0.6 is 0 Å². The topological polar surface area (TPSA) is 23.8 Å². The zero-order chi connectivity index (χ0) is 15.6. The third kappa shape index (κ3) is 5.34.